The highest BCUT2D eigenvalue weighted by Gasteiger charge is 2.32. The first-order valence-electron chi connectivity index (χ1n) is 3.64. The number of benzene rings is 1. The second-order valence-corrected chi connectivity index (χ2v) is 4.37. The number of sulfonamides is 1. The van der Waals surface area contributed by atoms with Crippen LogP contribution < -0.4 is 4.83 Å². The van der Waals surface area contributed by atoms with Crippen LogP contribution in [0.15, 0.2) is 29.2 Å². The summed E-state index contributed by atoms with van der Waals surface area (Å²) < 4.78 is 22.7. The average Bonchev–Trinajstić information content (AvgIpc) is 2.02. The zero-order valence-corrected chi connectivity index (χ0v) is 7.41. The summed E-state index contributed by atoms with van der Waals surface area (Å²) in [6.45, 7) is 0.0510. The Bertz CT molecular complexity index is 466. The van der Waals surface area contributed by atoms with Crippen molar-refractivity contribution >= 4 is 10.0 Å². The number of nitrogens with zero attached hydrogens (tertiary/aromatic N) is 1. The Labute approximate surface area is 75.0 Å². The molecule has 0 aliphatic carbocycles. The lowest BCUT2D eigenvalue weighted by Crippen LogP contribution is -2.37. The van der Waals surface area contributed by atoms with Gasteiger partial charge in [-0.3, -0.25) is 0 Å². The van der Waals surface area contributed by atoms with Crippen LogP contribution in [0.4, 0.5) is 0 Å². The molecule has 1 aromatic carbocycles. The van der Waals surface area contributed by atoms with Crippen LogP contribution in [0.1, 0.15) is 5.56 Å². The van der Waals surface area contributed by atoms with Crippen LogP contribution in [0.3, 0.4) is 0 Å². The third kappa shape index (κ3) is 1.29. The van der Waals surface area contributed by atoms with Gasteiger partial charge in [0.25, 0.3) is 6.54 Å². The van der Waals surface area contributed by atoms with Gasteiger partial charge in [-0.05, 0) is 10.9 Å². The molecular weight excluding hydrogens is 192 g/mol. The summed E-state index contributed by atoms with van der Waals surface area (Å²) in [5, 5.41) is 0. The van der Waals surface area contributed by atoms with Gasteiger partial charge in [-0.25, -0.2) is 0 Å². The van der Waals surface area contributed by atoms with Crippen LogP contribution in [0, 0.1) is 4.91 Å². The van der Waals surface area contributed by atoms with Crippen molar-refractivity contribution in [1.82, 2.24) is 4.83 Å². The fraction of sp³-hybridized carbons (Fsp3) is 0.143. The van der Waals surface area contributed by atoms with Gasteiger partial charge in [-0.15, -0.1) is 0 Å². The van der Waals surface area contributed by atoms with Crippen molar-refractivity contribution < 1.29 is 13.3 Å². The monoisotopic (exact) mass is 199 g/mol. The van der Waals surface area contributed by atoms with Crippen LogP contribution in [-0.4, -0.2) is 13.3 Å². The van der Waals surface area contributed by atoms with Crippen molar-refractivity contribution in [1.29, 1.82) is 0 Å². The van der Waals surface area contributed by atoms with Gasteiger partial charge in [-0.1, -0.05) is 18.2 Å². The van der Waals surface area contributed by atoms with E-state index in [-0.39, 0.29) is 11.4 Å². The summed E-state index contributed by atoms with van der Waals surface area (Å²) in [5.41, 5.74) is 0.524. The van der Waals surface area contributed by atoms with Crippen molar-refractivity contribution in [3.05, 3.63) is 34.7 Å². The minimum atomic E-state index is -3.63. The van der Waals surface area contributed by atoms with Gasteiger partial charge in [-0.2, -0.15) is 8.42 Å². The minimum absolute atomic E-state index is 0.0510. The van der Waals surface area contributed by atoms with E-state index in [9.17, 15) is 13.3 Å². The standard InChI is InChI=1S/C7H7N2O3S/c10-9-5-6-3-1-2-4-7(6)13(11,12)8-9/h1-4H,5H2,(H,8,10)/q+1. The topological polar surface area (TPSA) is 66.2 Å². The molecular formula is C7H7N2O3S+. The molecule has 13 heavy (non-hydrogen) atoms. The molecule has 1 N–H and O–H groups in total. The Kier molecular flexibility index (Phi) is 1.59. The molecule has 1 aliphatic heterocycles. The molecule has 0 fully saturated rings. The van der Waals surface area contributed by atoms with Gasteiger partial charge in [0.15, 0.2) is 0 Å². The van der Waals surface area contributed by atoms with Crippen molar-refractivity contribution in [2.75, 3.05) is 0 Å². The lowest BCUT2D eigenvalue weighted by Gasteiger charge is -2.09. The van der Waals surface area contributed by atoms with E-state index in [1.54, 1.807) is 18.2 Å². The van der Waals surface area contributed by atoms with Crippen LogP contribution in [-0.2, 0) is 16.6 Å². The molecule has 0 saturated carbocycles. The number of fused-ring (bicyclic) bond motifs is 1. The predicted molar refractivity (Wildman–Crippen MR) is 44.1 cm³/mol. The van der Waals surface area contributed by atoms with Gasteiger partial charge in [0.2, 0.25) is 0 Å². The average molecular weight is 199 g/mol. The fourth-order valence-electron chi connectivity index (χ4n) is 1.27. The summed E-state index contributed by atoms with van der Waals surface area (Å²) in [7, 11) is -3.63. The van der Waals surface area contributed by atoms with E-state index < -0.39 is 10.0 Å². The first kappa shape index (κ1) is 8.18. The van der Waals surface area contributed by atoms with Gasteiger partial charge in [0, 0.05) is 5.56 Å². The highest BCUT2D eigenvalue weighted by atomic mass is 32.2. The number of nitroso groups, excluding NO2 is 1. The number of nitrogens with one attached hydrogen (secondary N) is 1. The van der Waals surface area contributed by atoms with E-state index in [1.165, 1.54) is 6.07 Å². The van der Waals surface area contributed by atoms with Gasteiger partial charge < -0.3 is 0 Å². The maximum atomic E-state index is 11.3. The van der Waals surface area contributed by atoms with E-state index in [0.29, 0.717) is 10.4 Å². The maximum Gasteiger partial charge on any atom is 0.310 e. The number of rotatable bonds is 0. The Morgan fingerprint density at radius 2 is 2.00 bits per heavy atom. The second-order valence-electron chi connectivity index (χ2n) is 2.74. The number of hydrazine groups is 1. The summed E-state index contributed by atoms with van der Waals surface area (Å²) in [6, 6.07) is 6.43. The summed E-state index contributed by atoms with van der Waals surface area (Å²) in [6.07, 6.45) is 0. The Morgan fingerprint density at radius 3 is 2.77 bits per heavy atom. The Hall–Kier alpha value is -1.43. The molecule has 0 unspecified atom stereocenters. The lowest BCUT2D eigenvalue weighted by atomic mass is 10.2. The quantitative estimate of drug-likeness (QED) is 0.606. The normalized spacial score (nSPS) is 18.9. The van der Waals surface area contributed by atoms with Crippen LogP contribution in [0.5, 0.6) is 0 Å². The minimum Gasteiger partial charge on any atom is -0.196 e. The third-order valence-corrected chi connectivity index (χ3v) is 3.22. The molecule has 1 aliphatic rings. The zero-order chi connectivity index (χ0) is 9.47. The molecule has 6 heteroatoms. The molecule has 1 heterocycles. The van der Waals surface area contributed by atoms with Crippen molar-refractivity contribution in [3.8, 4) is 0 Å². The van der Waals surface area contributed by atoms with Gasteiger partial charge >= 0.3 is 10.0 Å². The SMILES string of the molecule is O=[N+]1Cc2ccccc2S(=O)(=O)N1. The van der Waals surface area contributed by atoms with E-state index in [4.69, 9.17) is 0 Å². The molecule has 1 aromatic rings. The van der Waals surface area contributed by atoms with Crippen molar-refractivity contribution in [2.24, 2.45) is 0 Å². The molecule has 0 radical (unpaired) electrons. The molecule has 0 bridgehead atoms. The molecule has 0 atom stereocenters. The van der Waals surface area contributed by atoms with E-state index in [1.807, 2.05) is 4.83 Å². The molecule has 0 amide bonds. The van der Waals surface area contributed by atoms with Gasteiger partial charge in [0.05, 0.1) is 4.91 Å². The second kappa shape index (κ2) is 2.53. The van der Waals surface area contributed by atoms with E-state index in [0.717, 1.165) is 0 Å². The highest BCUT2D eigenvalue weighted by molar-refractivity contribution is 7.89. The highest BCUT2D eigenvalue weighted by Crippen LogP contribution is 2.19. The summed E-state index contributed by atoms with van der Waals surface area (Å²) in [5.74, 6) is 0. The summed E-state index contributed by atoms with van der Waals surface area (Å²) in [4.78, 5) is 13.2. The predicted octanol–water partition coefficient (Wildman–Crippen LogP) is 0.172. The molecule has 5 nitrogen and oxygen atoms in total. The fourth-order valence-corrected chi connectivity index (χ4v) is 2.43. The smallest absolute Gasteiger partial charge is 0.196 e. The van der Waals surface area contributed by atoms with Crippen LogP contribution in [0.2, 0.25) is 0 Å². The number of hydrogen-bond donors (Lipinski definition) is 1. The Morgan fingerprint density at radius 1 is 1.31 bits per heavy atom. The Balaban J connectivity index is 2.70. The molecule has 2 rings (SSSR count). The van der Waals surface area contributed by atoms with Gasteiger partial charge in [0.1, 0.15) is 9.76 Å². The number of hydrogen-bond acceptors (Lipinski definition) is 3. The van der Waals surface area contributed by atoms with Crippen molar-refractivity contribution in [2.45, 2.75) is 11.4 Å². The lowest BCUT2D eigenvalue weighted by molar-refractivity contribution is -0.602. The van der Waals surface area contributed by atoms with E-state index >= 15 is 0 Å². The maximum absolute atomic E-state index is 11.3. The first-order valence-corrected chi connectivity index (χ1v) is 5.13. The van der Waals surface area contributed by atoms with Crippen LogP contribution >= 0.6 is 0 Å². The largest absolute Gasteiger partial charge is 0.310 e. The molecule has 68 valence electrons. The summed E-state index contributed by atoms with van der Waals surface area (Å²) >= 11 is 0. The van der Waals surface area contributed by atoms with Crippen LogP contribution in [0.25, 0.3) is 0 Å². The third-order valence-electron chi connectivity index (χ3n) is 1.80. The molecule has 0 spiro atoms. The molecule has 0 aromatic heterocycles. The molecule has 0 saturated heterocycles. The van der Waals surface area contributed by atoms with E-state index in [2.05, 4.69) is 0 Å². The first-order chi connectivity index (χ1) is 6.09. The van der Waals surface area contributed by atoms with Crippen molar-refractivity contribution in [3.63, 3.8) is 0 Å². The zero-order valence-electron chi connectivity index (χ0n) is 6.60.